The second-order valence-electron chi connectivity index (χ2n) is 6.89. The zero-order valence-electron chi connectivity index (χ0n) is 16.9. The molecule has 0 amide bonds. The molecule has 1 unspecified atom stereocenters. The van der Waals surface area contributed by atoms with Gasteiger partial charge in [0.2, 0.25) is 5.96 Å². The van der Waals surface area contributed by atoms with Crippen molar-refractivity contribution >= 4 is 11.7 Å². The van der Waals surface area contributed by atoms with Gasteiger partial charge in [-0.1, -0.05) is 0 Å². The molecular formula is C21H25N5O3. The molecule has 4 rings (SSSR count). The van der Waals surface area contributed by atoms with Crippen LogP contribution in [0.3, 0.4) is 0 Å². The summed E-state index contributed by atoms with van der Waals surface area (Å²) in [5.41, 5.74) is 2.70. The van der Waals surface area contributed by atoms with Crippen molar-refractivity contribution in [3.63, 3.8) is 0 Å². The van der Waals surface area contributed by atoms with E-state index >= 15 is 0 Å². The van der Waals surface area contributed by atoms with Gasteiger partial charge in [0, 0.05) is 38.0 Å². The Morgan fingerprint density at radius 3 is 2.83 bits per heavy atom. The van der Waals surface area contributed by atoms with Crippen LogP contribution >= 0.6 is 0 Å². The second kappa shape index (κ2) is 8.48. The van der Waals surface area contributed by atoms with E-state index in [1.54, 1.807) is 26.7 Å². The molecule has 152 valence electrons. The van der Waals surface area contributed by atoms with Gasteiger partial charge in [-0.05, 0) is 24.3 Å². The van der Waals surface area contributed by atoms with Crippen LogP contribution in [0, 0.1) is 0 Å². The minimum atomic E-state index is -0.117. The fraction of sp³-hybridized carbons (Fsp3) is 0.381. The summed E-state index contributed by atoms with van der Waals surface area (Å²) in [7, 11) is 5.36. The summed E-state index contributed by atoms with van der Waals surface area (Å²) in [6, 6.07) is 7.70. The number of benzene rings is 1. The average Bonchev–Trinajstić information content (AvgIpc) is 2.79. The Kier molecular flexibility index (Phi) is 5.62. The number of rotatable bonds is 4. The number of aromatic nitrogens is 2. The molecule has 1 atom stereocenters. The minimum Gasteiger partial charge on any atom is -0.497 e. The molecule has 0 saturated carbocycles. The molecule has 8 nitrogen and oxygen atoms in total. The van der Waals surface area contributed by atoms with Crippen LogP contribution in [0.2, 0.25) is 0 Å². The molecule has 1 aromatic carbocycles. The van der Waals surface area contributed by atoms with E-state index in [-0.39, 0.29) is 6.10 Å². The zero-order valence-corrected chi connectivity index (χ0v) is 16.9. The first kappa shape index (κ1) is 19.2. The van der Waals surface area contributed by atoms with Crippen molar-refractivity contribution in [3.05, 3.63) is 54.1 Å². The summed E-state index contributed by atoms with van der Waals surface area (Å²) in [6.07, 6.45) is 5.24. The molecule has 1 saturated heterocycles. The number of ether oxygens (including phenoxy) is 3. The molecule has 1 aromatic heterocycles. The summed E-state index contributed by atoms with van der Waals surface area (Å²) in [4.78, 5) is 17.6. The van der Waals surface area contributed by atoms with Gasteiger partial charge in [-0.2, -0.15) is 0 Å². The lowest BCUT2D eigenvalue weighted by Gasteiger charge is -2.39. The topological polar surface area (TPSA) is 72.3 Å². The molecule has 8 heteroatoms. The van der Waals surface area contributed by atoms with Gasteiger partial charge in [-0.25, -0.2) is 15.0 Å². The Labute approximate surface area is 170 Å². The van der Waals surface area contributed by atoms with Crippen LogP contribution in [0.15, 0.2) is 47.9 Å². The maximum atomic E-state index is 6.08. The van der Waals surface area contributed by atoms with Gasteiger partial charge >= 0.3 is 0 Å². The number of hydrogen-bond donors (Lipinski definition) is 0. The second-order valence-corrected chi connectivity index (χ2v) is 6.89. The Balaban J connectivity index is 1.58. The number of hydrogen-bond acceptors (Lipinski definition) is 8. The number of nitrogens with zero attached hydrogens (tertiary/aromatic N) is 5. The summed E-state index contributed by atoms with van der Waals surface area (Å²) < 4.78 is 17.0. The van der Waals surface area contributed by atoms with Crippen molar-refractivity contribution in [1.82, 2.24) is 19.8 Å². The van der Waals surface area contributed by atoms with Gasteiger partial charge in [0.25, 0.3) is 0 Å². The third kappa shape index (κ3) is 4.02. The van der Waals surface area contributed by atoms with E-state index in [4.69, 9.17) is 19.2 Å². The molecule has 0 bridgehead atoms. The Bertz CT molecular complexity index is 916. The van der Waals surface area contributed by atoms with Crippen molar-refractivity contribution in [2.24, 2.45) is 4.99 Å². The highest BCUT2D eigenvalue weighted by Crippen LogP contribution is 2.33. The van der Waals surface area contributed by atoms with Gasteiger partial charge in [-0.3, -0.25) is 0 Å². The smallest absolute Gasteiger partial charge is 0.202 e. The Morgan fingerprint density at radius 2 is 2.07 bits per heavy atom. The molecular weight excluding hydrogens is 370 g/mol. The normalized spacial score (nSPS) is 19.5. The number of methoxy groups -OCH3 is 2. The number of aliphatic imine (C=N–C) groups is 1. The predicted octanol–water partition coefficient (Wildman–Crippen LogP) is 2.21. The van der Waals surface area contributed by atoms with E-state index in [1.165, 1.54) is 0 Å². The van der Waals surface area contributed by atoms with Crippen LogP contribution in [0.5, 0.6) is 11.5 Å². The highest BCUT2D eigenvalue weighted by atomic mass is 16.5. The van der Waals surface area contributed by atoms with Crippen molar-refractivity contribution in [2.45, 2.75) is 6.10 Å². The molecule has 2 aliphatic heterocycles. The van der Waals surface area contributed by atoms with Crippen molar-refractivity contribution < 1.29 is 14.2 Å². The first-order chi connectivity index (χ1) is 14.2. The standard InChI is InChI=1S/C21H25N5O3/c1-25-9-7-18(17-6-8-22-14-23-17)24-21(25)26-10-11-29-20(13-26)16-5-4-15(27-2)12-19(16)28-3/h4-8,12,14,20H,9-11,13H2,1-3H3. The van der Waals surface area contributed by atoms with E-state index < -0.39 is 0 Å². The van der Waals surface area contributed by atoms with E-state index in [0.717, 1.165) is 47.5 Å². The summed E-state index contributed by atoms with van der Waals surface area (Å²) in [5, 5.41) is 0. The van der Waals surface area contributed by atoms with Crippen molar-refractivity contribution in [2.75, 3.05) is 47.5 Å². The van der Waals surface area contributed by atoms with Crippen LogP contribution < -0.4 is 9.47 Å². The first-order valence-electron chi connectivity index (χ1n) is 9.54. The lowest BCUT2D eigenvalue weighted by Crippen LogP contribution is -2.49. The van der Waals surface area contributed by atoms with E-state index in [0.29, 0.717) is 13.2 Å². The van der Waals surface area contributed by atoms with Crippen molar-refractivity contribution in [1.29, 1.82) is 0 Å². The zero-order chi connectivity index (χ0) is 20.2. The molecule has 2 aromatic rings. The maximum absolute atomic E-state index is 6.08. The Morgan fingerprint density at radius 1 is 1.17 bits per heavy atom. The number of guanidine groups is 1. The Hall–Kier alpha value is -3.13. The van der Waals surface area contributed by atoms with Gasteiger partial charge in [0.15, 0.2) is 0 Å². The lowest BCUT2D eigenvalue weighted by molar-refractivity contribution is -0.0112. The summed E-state index contributed by atoms with van der Waals surface area (Å²) in [6.45, 7) is 2.84. The molecule has 29 heavy (non-hydrogen) atoms. The summed E-state index contributed by atoms with van der Waals surface area (Å²) in [5.74, 6) is 2.44. The molecule has 3 heterocycles. The monoisotopic (exact) mass is 395 g/mol. The minimum absolute atomic E-state index is 0.117. The third-order valence-corrected chi connectivity index (χ3v) is 5.10. The van der Waals surface area contributed by atoms with Gasteiger partial charge < -0.3 is 24.0 Å². The quantitative estimate of drug-likeness (QED) is 0.786. The van der Waals surface area contributed by atoms with Gasteiger partial charge in [0.05, 0.1) is 38.8 Å². The van der Waals surface area contributed by atoms with Crippen molar-refractivity contribution in [3.8, 4) is 11.5 Å². The van der Waals surface area contributed by atoms with Crippen LogP contribution in [-0.4, -0.2) is 73.2 Å². The van der Waals surface area contributed by atoms with Crippen LogP contribution in [0.4, 0.5) is 0 Å². The number of morpholine rings is 1. The molecule has 0 spiro atoms. The molecule has 0 aliphatic carbocycles. The highest BCUT2D eigenvalue weighted by Gasteiger charge is 2.29. The van der Waals surface area contributed by atoms with Crippen LogP contribution in [0.25, 0.3) is 5.70 Å². The third-order valence-electron chi connectivity index (χ3n) is 5.10. The highest BCUT2D eigenvalue weighted by molar-refractivity contribution is 5.88. The van der Waals surface area contributed by atoms with E-state index in [1.807, 2.05) is 31.3 Å². The van der Waals surface area contributed by atoms with Gasteiger partial charge in [0.1, 0.15) is 23.9 Å². The molecule has 0 N–H and O–H groups in total. The average molecular weight is 395 g/mol. The number of likely N-dealkylation sites (N-methyl/N-ethyl adjacent to an activating group) is 1. The lowest BCUT2D eigenvalue weighted by atomic mass is 10.1. The first-order valence-corrected chi connectivity index (χ1v) is 9.54. The van der Waals surface area contributed by atoms with Gasteiger partial charge in [-0.15, -0.1) is 0 Å². The molecule has 2 aliphatic rings. The molecule has 0 radical (unpaired) electrons. The van der Waals surface area contributed by atoms with E-state index in [2.05, 4.69) is 25.8 Å². The fourth-order valence-corrected chi connectivity index (χ4v) is 3.56. The predicted molar refractivity (Wildman–Crippen MR) is 110 cm³/mol. The SMILES string of the molecule is COc1ccc(C2CN(C3=NC(c4ccncn4)=CCN3C)CCO2)c(OC)c1. The molecule has 1 fully saturated rings. The fourth-order valence-electron chi connectivity index (χ4n) is 3.56. The summed E-state index contributed by atoms with van der Waals surface area (Å²) >= 11 is 0. The maximum Gasteiger partial charge on any atom is 0.202 e. The van der Waals surface area contributed by atoms with E-state index in [9.17, 15) is 0 Å². The van der Waals surface area contributed by atoms with Crippen LogP contribution in [0.1, 0.15) is 17.4 Å². The van der Waals surface area contributed by atoms with Crippen LogP contribution in [-0.2, 0) is 4.74 Å². The largest absolute Gasteiger partial charge is 0.497 e.